The van der Waals surface area contributed by atoms with Crippen molar-refractivity contribution in [3.63, 3.8) is 0 Å². The van der Waals surface area contributed by atoms with Gasteiger partial charge in [0, 0.05) is 5.56 Å². The summed E-state index contributed by atoms with van der Waals surface area (Å²) in [5.74, 6) is 0.845. The summed E-state index contributed by atoms with van der Waals surface area (Å²) in [7, 11) is 2.94. The van der Waals surface area contributed by atoms with Gasteiger partial charge >= 0.3 is 5.69 Å². The summed E-state index contributed by atoms with van der Waals surface area (Å²) in [6, 6.07) is 13.6. The van der Waals surface area contributed by atoms with Crippen molar-refractivity contribution in [3.8, 4) is 40.4 Å². The Hall–Kier alpha value is -4.32. The molecule has 0 aliphatic heterocycles. The van der Waals surface area contributed by atoms with E-state index in [2.05, 4.69) is 15.0 Å². The van der Waals surface area contributed by atoms with Crippen LogP contribution in [0.15, 0.2) is 47.3 Å². The molecule has 0 saturated carbocycles. The van der Waals surface area contributed by atoms with Gasteiger partial charge in [0.2, 0.25) is 0 Å². The molecule has 2 aromatic heterocycles. The fourth-order valence-corrected chi connectivity index (χ4v) is 3.06. The van der Waals surface area contributed by atoms with Crippen LogP contribution in [0.2, 0.25) is 0 Å². The van der Waals surface area contributed by atoms with Crippen LogP contribution in [0, 0.1) is 11.3 Å². The van der Waals surface area contributed by atoms with E-state index in [-0.39, 0.29) is 28.4 Å². The lowest BCUT2D eigenvalue weighted by Crippen LogP contribution is -2.15. The third-order valence-electron chi connectivity index (χ3n) is 4.41. The van der Waals surface area contributed by atoms with E-state index in [0.717, 1.165) is 0 Å². The first-order valence-electron chi connectivity index (χ1n) is 8.51. The van der Waals surface area contributed by atoms with Crippen LogP contribution in [-0.4, -0.2) is 38.8 Å². The number of methoxy groups -OCH3 is 2. The fourth-order valence-electron chi connectivity index (χ4n) is 3.06. The van der Waals surface area contributed by atoms with E-state index in [1.54, 1.807) is 36.4 Å². The maximum absolute atomic E-state index is 12.7. The fraction of sp³-hybridized carbons (Fsp3) is 0.100. The van der Waals surface area contributed by atoms with Crippen molar-refractivity contribution in [2.24, 2.45) is 0 Å². The number of nitrogens with zero attached hydrogens (tertiary/aromatic N) is 4. The molecule has 0 amide bonds. The Morgan fingerprint density at radius 3 is 2.55 bits per heavy atom. The number of benzene rings is 2. The molecule has 0 radical (unpaired) electrons. The molecule has 0 fully saturated rings. The molecule has 0 aliphatic rings. The summed E-state index contributed by atoms with van der Waals surface area (Å²) < 4.78 is 11.7. The molecule has 0 bridgehead atoms. The highest BCUT2D eigenvalue weighted by atomic mass is 16.5. The average Bonchev–Trinajstić information content (AvgIpc) is 3.08. The number of aromatic amines is 1. The van der Waals surface area contributed by atoms with Gasteiger partial charge in [-0.05, 0) is 30.3 Å². The van der Waals surface area contributed by atoms with Crippen LogP contribution in [0.1, 0.15) is 5.69 Å². The molecule has 9 nitrogen and oxygen atoms in total. The molecular formula is C20H15N5O4. The number of phenols is 1. The number of aromatic nitrogens is 4. The minimum absolute atomic E-state index is 0.00561. The number of hydrogen-bond donors (Lipinski definition) is 2. The van der Waals surface area contributed by atoms with E-state index in [1.165, 1.54) is 24.9 Å². The highest BCUT2D eigenvalue weighted by Crippen LogP contribution is 2.31. The number of phenolic OH excluding ortho intramolecular Hbond substituents is 1. The standard InChI is InChI=1S/C20H15N5O4/c1-28-15-6-4-3-5-13(15)25-19-17(23-20(25)27)12(10-21)22-18(24-19)11-7-8-16(29-2)14(26)9-11/h3-9,26H,1-2H3,(H,23,27). The first kappa shape index (κ1) is 18.1. The van der Waals surface area contributed by atoms with Crippen molar-refractivity contribution in [2.45, 2.75) is 0 Å². The second kappa shape index (κ2) is 7.01. The van der Waals surface area contributed by atoms with Crippen molar-refractivity contribution in [2.75, 3.05) is 14.2 Å². The Balaban J connectivity index is 2.02. The van der Waals surface area contributed by atoms with E-state index >= 15 is 0 Å². The van der Waals surface area contributed by atoms with E-state index in [4.69, 9.17) is 9.47 Å². The highest BCUT2D eigenvalue weighted by Gasteiger charge is 2.19. The third-order valence-corrected chi connectivity index (χ3v) is 4.41. The number of fused-ring (bicyclic) bond motifs is 1. The van der Waals surface area contributed by atoms with Gasteiger partial charge < -0.3 is 19.6 Å². The lowest BCUT2D eigenvalue weighted by Gasteiger charge is -2.10. The average molecular weight is 389 g/mol. The molecule has 0 unspecified atom stereocenters. The summed E-state index contributed by atoms with van der Waals surface area (Å²) in [6.45, 7) is 0. The first-order chi connectivity index (χ1) is 14.1. The molecule has 29 heavy (non-hydrogen) atoms. The molecule has 0 aliphatic carbocycles. The van der Waals surface area contributed by atoms with Gasteiger partial charge in [-0.15, -0.1) is 0 Å². The molecule has 0 atom stereocenters. The van der Waals surface area contributed by atoms with Gasteiger partial charge in [-0.1, -0.05) is 12.1 Å². The quantitative estimate of drug-likeness (QED) is 0.549. The van der Waals surface area contributed by atoms with Crippen molar-refractivity contribution in [1.29, 1.82) is 5.26 Å². The number of aromatic hydroxyl groups is 1. The van der Waals surface area contributed by atoms with Gasteiger partial charge in [-0.3, -0.25) is 0 Å². The zero-order chi connectivity index (χ0) is 20.5. The van der Waals surface area contributed by atoms with E-state index < -0.39 is 5.69 Å². The van der Waals surface area contributed by atoms with Gasteiger partial charge in [-0.25, -0.2) is 19.3 Å². The summed E-state index contributed by atoms with van der Waals surface area (Å²) in [6.07, 6.45) is 0. The lowest BCUT2D eigenvalue weighted by atomic mass is 10.2. The zero-order valence-electron chi connectivity index (χ0n) is 15.5. The van der Waals surface area contributed by atoms with Crippen LogP contribution in [0.25, 0.3) is 28.2 Å². The molecule has 4 rings (SSSR count). The maximum atomic E-state index is 12.7. The summed E-state index contributed by atoms with van der Waals surface area (Å²) in [4.78, 5) is 24.0. The number of nitrogens with one attached hydrogen (secondary N) is 1. The third kappa shape index (κ3) is 2.93. The number of rotatable bonds is 4. The minimum atomic E-state index is -0.481. The molecule has 0 saturated heterocycles. The number of hydrogen-bond acceptors (Lipinski definition) is 7. The molecule has 2 N–H and O–H groups in total. The Kier molecular flexibility index (Phi) is 4.37. The van der Waals surface area contributed by atoms with Crippen LogP contribution in [-0.2, 0) is 0 Å². The normalized spacial score (nSPS) is 10.7. The van der Waals surface area contributed by atoms with Crippen LogP contribution in [0.5, 0.6) is 17.2 Å². The zero-order valence-corrected chi connectivity index (χ0v) is 15.5. The van der Waals surface area contributed by atoms with Gasteiger partial charge in [0.05, 0.1) is 19.9 Å². The molecule has 144 valence electrons. The van der Waals surface area contributed by atoms with Crippen molar-refractivity contribution < 1.29 is 14.6 Å². The van der Waals surface area contributed by atoms with Crippen molar-refractivity contribution in [3.05, 3.63) is 58.6 Å². The van der Waals surface area contributed by atoms with Crippen molar-refractivity contribution in [1.82, 2.24) is 19.5 Å². The number of ether oxygens (including phenoxy) is 2. The van der Waals surface area contributed by atoms with Crippen LogP contribution >= 0.6 is 0 Å². The second-order valence-electron chi connectivity index (χ2n) is 6.03. The van der Waals surface area contributed by atoms with Crippen molar-refractivity contribution >= 4 is 11.2 Å². The molecule has 2 heterocycles. The summed E-state index contributed by atoms with van der Waals surface area (Å²) in [5.41, 5.74) is 0.886. The second-order valence-corrected chi connectivity index (χ2v) is 6.03. The van der Waals surface area contributed by atoms with Gasteiger partial charge in [0.1, 0.15) is 17.3 Å². The number of nitriles is 1. The van der Waals surface area contributed by atoms with E-state index in [9.17, 15) is 15.2 Å². The van der Waals surface area contributed by atoms with Gasteiger partial charge in [0.25, 0.3) is 0 Å². The predicted molar refractivity (Wildman–Crippen MR) is 104 cm³/mol. The van der Waals surface area contributed by atoms with Crippen LogP contribution in [0.3, 0.4) is 0 Å². The number of para-hydroxylation sites is 2. The summed E-state index contributed by atoms with van der Waals surface area (Å²) in [5, 5.41) is 19.6. The van der Waals surface area contributed by atoms with Gasteiger partial charge in [0.15, 0.2) is 28.7 Å². The van der Waals surface area contributed by atoms with E-state index in [0.29, 0.717) is 22.7 Å². The van der Waals surface area contributed by atoms with Crippen LogP contribution in [0.4, 0.5) is 0 Å². The minimum Gasteiger partial charge on any atom is -0.504 e. The maximum Gasteiger partial charge on any atom is 0.332 e. The van der Waals surface area contributed by atoms with Crippen LogP contribution < -0.4 is 15.2 Å². The molecular weight excluding hydrogens is 374 g/mol. The molecule has 4 aromatic rings. The Morgan fingerprint density at radius 2 is 1.86 bits per heavy atom. The number of H-pyrrole nitrogens is 1. The number of imidazole rings is 1. The molecule has 9 heteroatoms. The smallest absolute Gasteiger partial charge is 0.332 e. The highest BCUT2D eigenvalue weighted by molar-refractivity contribution is 5.81. The topological polar surface area (TPSA) is 126 Å². The Labute approximate surface area is 164 Å². The lowest BCUT2D eigenvalue weighted by molar-refractivity contribution is 0.373. The van der Waals surface area contributed by atoms with E-state index in [1.807, 2.05) is 6.07 Å². The van der Waals surface area contributed by atoms with Gasteiger partial charge in [-0.2, -0.15) is 5.26 Å². The monoisotopic (exact) mass is 389 g/mol. The molecule has 0 spiro atoms. The largest absolute Gasteiger partial charge is 0.504 e. The molecule has 2 aromatic carbocycles. The Morgan fingerprint density at radius 1 is 1.10 bits per heavy atom. The summed E-state index contributed by atoms with van der Waals surface area (Å²) >= 11 is 0. The Bertz CT molecular complexity index is 1330. The SMILES string of the molecule is COc1ccc(-c2nc(C#N)c3[nH]c(=O)n(-c4ccccc4OC)c3n2)cc1O. The first-order valence-corrected chi connectivity index (χ1v) is 8.51. The predicted octanol–water partition coefficient (Wildman–Crippen LogP) is 2.37.